The van der Waals surface area contributed by atoms with Crippen molar-refractivity contribution in [1.82, 2.24) is 0 Å². The number of fused-ring (bicyclic) bond motifs is 1. The van der Waals surface area contributed by atoms with E-state index in [1.807, 2.05) is 13.0 Å². The lowest BCUT2D eigenvalue weighted by molar-refractivity contribution is -0.384. The van der Waals surface area contributed by atoms with Gasteiger partial charge in [0.15, 0.2) is 21.3 Å². The average molecular weight is 364 g/mol. The Bertz CT molecular complexity index is 942. The Morgan fingerprint density at radius 1 is 1.16 bits per heavy atom. The molecule has 0 radical (unpaired) electrons. The van der Waals surface area contributed by atoms with E-state index in [1.165, 1.54) is 12.1 Å². The molecule has 0 amide bonds. The second-order valence-electron chi connectivity index (χ2n) is 5.69. The largest absolute Gasteiger partial charge is 0.454 e. The van der Waals surface area contributed by atoms with Crippen LogP contribution in [0.1, 0.15) is 18.5 Å². The molecule has 1 atom stereocenters. The van der Waals surface area contributed by atoms with E-state index >= 15 is 0 Å². The fourth-order valence-electron chi connectivity index (χ4n) is 2.51. The first-order valence-electron chi connectivity index (χ1n) is 7.40. The quantitative estimate of drug-likeness (QED) is 0.642. The van der Waals surface area contributed by atoms with E-state index in [1.54, 1.807) is 12.1 Å². The molecule has 0 bridgehead atoms. The first kappa shape index (κ1) is 17.0. The van der Waals surface area contributed by atoms with Gasteiger partial charge in [0.05, 0.1) is 9.82 Å². The maximum absolute atomic E-state index is 11.6. The van der Waals surface area contributed by atoms with Crippen molar-refractivity contribution in [3.05, 3.63) is 52.1 Å². The van der Waals surface area contributed by atoms with Crippen LogP contribution in [0.2, 0.25) is 0 Å². The Morgan fingerprint density at radius 3 is 2.56 bits per heavy atom. The van der Waals surface area contributed by atoms with E-state index < -0.39 is 14.8 Å². The van der Waals surface area contributed by atoms with Crippen LogP contribution in [0.3, 0.4) is 0 Å². The van der Waals surface area contributed by atoms with Crippen molar-refractivity contribution in [2.45, 2.75) is 17.9 Å². The lowest BCUT2D eigenvalue weighted by Crippen LogP contribution is -2.09. The van der Waals surface area contributed by atoms with Crippen molar-refractivity contribution in [1.29, 1.82) is 0 Å². The van der Waals surface area contributed by atoms with E-state index in [9.17, 15) is 18.5 Å². The first-order valence-corrected chi connectivity index (χ1v) is 9.29. The molecule has 132 valence electrons. The van der Waals surface area contributed by atoms with Crippen LogP contribution in [0.5, 0.6) is 11.5 Å². The highest BCUT2D eigenvalue weighted by Crippen LogP contribution is 2.36. The molecule has 25 heavy (non-hydrogen) atoms. The van der Waals surface area contributed by atoms with Crippen LogP contribution in [-0.2, 0) is 9.84 Å². The molecule has 0 spiro atoms. The van der Waals surface area contributed by atoms with Gasteiger partial charge in [0.25, 0.3) is 5.69 Å². The van der Waals surface area contributed by atoms with Gasteiger partial charge < -0.3 is 14.8 Å². The molecular formula is C16H16N2O6S. The third kappa shape index (κ3) is 3.50. The molecule has 0 saturated carbocycles. The smallest absolute Gasteiger partial charge is 0.293 e. The summed E-state index contributed by atoms with van der Waals surface area (Å²) in [6.07, 6.45) is 1.01. The summed E-state index contributed by atoms with van der Waals surface area (Å²) in [5.41, 5.74) is 0.795. The van der Waals surface area contributed by atoms with Crippen LogP contribution in [0.25, 0.3) is 0 Å². The van der Waals surface area contributed by atoms with Gasteiger partial charge in [-0.15, -0.1) is 0 Å². The van der Waals surface area contributed by atoms with Gasteiger partial charge in [0.1, 0.15) is 5.69 Å². The number of nitrogens with one attached hydrogen (secondary N) is 1. The van der Waals surface area contributed by atoms with Crippen molar-refractivity contribution < 1.29 is 22.8 Å². The Labute approximate surface area is 144 Å². The number of rotatable bonds is 5. The lowest BCUT2D eigenvalue weighted by atomic mass is 10.1. The molecule has 0 unspecified atom stereocenters. The number of ether oxygens (including phenoxy) is 2. The standard InChI is InChI=1S/C16H16N2O6S/c1-10(11-3-6-15-16(7-11)24-9-23-15)17-13-5-4-12(25(2,21)22)8-14(13)18(19)20/h3-8,10,17H,9H2,1-2H3/t10-/m1/s1. The molecular weight excluding hydrogens is 348 g/mol. The molecule has 9 heteroatoms. The van der Waals surface area contributed by atoms with Crippen LogP contribution in [0, 0.1) is 10.1 Å². The monoisotopic (exact) mass is 364 g/mol. The first-order chi connectivity index (χ1) is 11.8. The van der Waals surface area contributed by atoms with E-state index in [4.69, 9.17) is 9.47 Å². The fraction of sp³-hybridized carbons (Fsp3) is 0.250. The molecule has 2 aromatic carbocycles. The molecule has 0 saturated heterocycles. The van der Waals surface area contributed by atoms with E-state index in [2.05, 4.69) is 5.32 Å². The van der Waals surface area contributed by atoms with Crippen LogP contribution >= 0.6 is 0 Å². The van der Waals surface area contributed by atoms with Crippen LogP contribution in [0.4, 0.5) is 11.4 Å². The maximum atomic E-state index is 11.6. The molecule has 3 rings (SSSR count). The third-order valence-electron chi connectivity index (χ3n) is 3.86. The minimum absolute atomic E-state index is 0.0968. The molecule has 8 nitrogen and oxygen atoms in total. The van der Waals surface area contributed by atoms with Gasteiger partial charge in [-0.05, 0) is 36.8 Å². The number of nitro groups is 1. The molecule has 2 aromatic rings. The van der Waals surface area contributed by atoms with Crippen molar-refractivity contribution >= 4 is 21.2 Å². The minimum Gasteiger partial charge on any atom is -0.454 e. The summed E-state index contributed by atoms with van der Waals surface area (Å²) in [5, 5.41) is 14.4. The number of hydrogen-bond donors (Lipinski definition) is 1. The molecule has 0 aliphatic carbocycles. The summed E-state index contributed by atoms with van der Waals surface area (Å²) >= 11 is 0. The summed E-state index contributed by atoms with van der Waals surface area (Å²) in [5.74, 6) is 1.27. The lowest BCUT2D eigenvalue weighted by Gasteiger charge is -2.16. The SMILES string of the molecule is C[C@@H](Nc1ccc(S(C)(=O)=O)cc1[N+](=O)[O-])c1ccc2c(c1)OCO2. The average Bonchev–Trinajstić information content (AvgIpc) is 3.01. The Hall–Kier alpha value is -2.81. The number of anilines is 1. The Kier molecular flexibility index (Phi) is 4.25. The van der Waals surface area contributed by atoms with Gasteiger partial charge in [-0.3, -0.25) is 10.1 Å². The number of benzene rings is 2. The molecule has 1 N–H and O–H groups in total. The highest BCUT2D eigenvalue weighted by Gasteiger charge is 2.21. The molecule has 1 aliphatic rings. The van der Waals surface area contributed by atoms with E-state index in [-0.39, 0.29) is 29.1 Å². The predicted octanol–water partition coefficient (Wildman–Crippen LogP) is 2.90. The number of nitro benzene ring substituents is 1. The number of hydrogen-bond acceptors (Lipinski definition) is 7. The van der Waals surface area contributed by atoms with Gasteiger partial charge in [-0.25, -0.2) is 8.42 Å². The second kappa shape index (κ2) is 6.25. The predicted molar refractivity (Wildman–Crippen MR) is 90.8 cm³/mol. The van der Waals surface area contributed by atoms with E-state index in [0.29, 0.717) is 11.5 Å². The fourth-order valence-corrected chi connectivity index (χ4v) is 3.16. The second-order valence-corrected chi connectivity index (χ2v) is 7.70. The zero-order valence-electron chi connectivity index (χ0n) is 13.6. The molecule has 0 fully saturated rings. The summed E-state index contributed by atoms with van der Waals surface area (Å²) in [6, 6.07) is 8.95. The van der Waals surface area contributed by atoms with Gasteiger partial charge in [0.2, 0.25) is 6.79 Å². The normalized spacial score (nSPS) is 14.2. The third-order valence-corrected chi connectivity index (χ3v) is 4.97. The van der Waals surface area contributed by atoms with Crippen molar-refractivity contribution in [2.24, 2.45) is 0 Å². The van der Waals surface area contributed by atoms with Crippen molar-refractivity contribution in [3.8, 4) is 11.5 Å². The highest BCUT2D eigenvalue weighted by molar-refractivity contribution is 7.90. The van der Waals surface area contributed by atoms with Gasteiger partial charge >= 0.3 is 0 Å². The molecule has 1 heterocycles. The van der Waals surface area contributed by atoms with Crippen LogP contribution in [-0.4, -0.2) is 26.4 Å². The summed E-state index contributed by atoms with van der Waals surface area (Å²) in [7, 11) is -3.53. The Morgan fingerprint density at radius 2 is 1.88 bits per heavy atom. The van der Waals surface area contributed by atoms with Crippen LogP contribution < -0.4 is 14.8 Å². The Balaban J connectivity index is 1.90. The number of nitrogens with zero attached hydrogens (tertiary/aromatic N) is 1. The molecule has 1 aliphatic heterocycles. The maximum Gasteiger partial charge on any atom is 0.293 e. The zero-order valence-corrected chi connectivity index (χ0v) is 14.4. The van der Waals surface area contributed by atoms with Gasteiger partial charge in [-0.1, -0.05) is 6.07 Å². The van der Waals surface area contributed by atoms with Gasteiger partial charge in [-0.2, -0.15) is 0 Å². The van der Waals surface area contributed by atoms with Crippen LogP contribution in [0.15, 0.2) is 41.3 Å². The minimum atomic E-state index is -3.53. The summed E-state index contributed by atoms with van der Waals surface area (Å²) < 4.78 is 33.8. The molecule has 0 aromatic heterocycles. The topological polar surface area (TPSA) is 108 Å². The van der Waals surface area contributed by atoms with Crippen molar-refractivity contribution in [2.75, 3.05) is 18.4 Å². The highest BCUT2D eigenvalue weighted by atomic mass is 32.2. The number of sulfone groups is 1. The summed E-state index contributed by atoms with van der Waals surface area (Å²) in [6.45, 7) is 2.00. The van der Waals surface area contributed by atoms with Crippen molar-refractivity contribution in [3.63, 3.8) is 0 Å². The summed E-state index contributed by atoms with van der Waals surface area (Å²) in [4.78, 5) is 10.6. The van der Waals surface area contributed by atoms with E-state index in [0.717, 1.165) is 17.9 Å². The zero-order chi connectivity index (χ0) is 18.2. The van der Waals surface area contributed by atoms with Gasteiger partial charge in [0, 0.05) is 18.4 Å².